The molecule has 0 aliphatic carbocycles. The van der Waals surface area contributed by atoms with Crippen LogP contribution >= 0.6 is 0 Å². The number of carbonyl (C=O) groups excluding carboxylic acids is 2. The molecule has 1 aromatic carbocycles. The monoisotopic (exact) mass is 401 g/mol. The lowest BCUT2D eigenvalue weighted by Crippen LogP contribution is -2.51. The SMILES string of the molecule is CC(C)C[C@@H]([C@H](O)C(=O)c1ccco1)N(Cc1ccccc1)C(=O)OC(C)(C)C. The van der Waals surface area contributed by atoms with E-state index < -0.39 is 29.6 Å². The molecule has 0 aliphatic rings. The first kappa shape index (κ1) is 22.7. The number of ether oxygens (including phenoxy) is 1. The van der Waals surface area contributed by atoms with E-state index in [1.54, 1.807) is 26.8 Å². The molecule has 6 nitrogen and oxygen atoms in total. The van der Waals surface area contributed by atoms with E-state index in [0.29, 0.717) is 6.42 Å². The molecule has 0 saturated carbocycles. The molecule has 1 heterocycles. The Morgan fingerprint density at radius 1 is 1.10 bits per heavy atom. The zero-order chi connectivity index (χ0) is 21.6. The first-order chi connectivity index (χ1) is 13.6. The van der Waals surface area contributed by atoms with Gasteiger partial charge in [0.1, 0.15) is 11.7 Å². The van der Waals surface area contributed by atoms with E-state index in [0.717, 1.165) is 5.56 Å². The van der Waals surface area contributed by atoms with Gasteiger partial charge >= 0.3 is 6.09 Å². The molecular formula is C23H31NO5. The highest BCUT2D eigenvalue weighted by atomic mass is 16.6. The Kier molecular flexibility index (Phi) is 7.62. The van der Waals surface area contributed by atoms with Gasteiger partial charge in [-0.15, -0.1) is 0 Å². The number of hydrogen-bond acceptors (Lipinski definition) is 5. The van der Waals surface area contributed by atoms with Crippen molar-refractivity contribution in [2.24, 2.45) is 5.92 Å². The third kappa shape index (κ3) is 6.75. The topological polar surface area (TPSA) is 80.0 Å². The summed E-state index contributed by atoms with van der Waals surface area (Å²) in [6.45, 7) is 9.53. The van der Waals surface area contributed by atoms with Crippen LogP contribution in [-0.4, -0.2) is 39.6 Å². The highest BCUT2D eigenvalue weighted by molar-refractivity contribution is 5.97. The lowest BCUT2D eigenvalue weighted by atomic mass is 9.94. The third-order valence-electron chi connectivity index (χ3n) is 4.33. The first-order valence-electron chi connectivity index (χ1n) is 9.88. The van der Waals surface area contributed by atoms with Gasteiger partial charge in [-0.2, -0.15) is 0 Å². The maximum atomic E-state index is 13.1. The molecule has 29 heavy (non-hydrogen) atoms. The number of aliphatic hydroxyl groups excluding tert-OH is 1. The average molecular weight is 402 g/mol. The van der Waals surface area contributed by atoms with Gasteiger partial charge in [0.05, 0.1) is 12.3 Å². The lowest BCUT2D eigenvalue weighted by Gasteiger charge is -2.36. The summed E-state index contributed by atoms with van der Waals surface area (Å²) in [6.07, 6.45) is -0.190. The normalized spacial score (nSPS) is 13.8. The van der Waals surface area contributed by atoms with Crippen LogP contribution in [0.25, 0.3) is 0 Å². The zero-order valence-corrected chi connectivity index (χ0v) is 17.8. The van der Waals surface area contributed by atoms with E-state index in [9.17, 15) is 14.7 Å². The minimum Gasteiger partial charge on any atom is -0.461 e. The molecule has 1 N–H and O–H groups in total. The molecule has 0 bridgehead atoms. The fourth-order valence-electron chi connectivity index (χ4n) is 3.07. The van der Waals surface area contributed by atoms with Crippen LogP contribution in [-0.2, 0) is 11.3 Å². The molecule has 0 unspecified atom stereocenters. The molecule has 1 aromatic heterocycles. The average Bonchev–Trinajstić information content (AvgIpc) is 3.17. The minimum absolute atomic E-state index is 0.0649. The summed E-state index contributed by atoms with van der Waals surface area (Å²) in [4.78, 5) is 27.3. The lowest BCUT2D eigenvalue weighted by molar-refractivity contribution is -0.00957. The van der Waals surface area contributed by atoms with Crippen molar-refractivity contribution < 1.29 is 23.8 Å². The van der Waals surface area contributed by atoms with Crippen LogP contribution in [0.15, 0.2) is 53.1 Å². The number of hydrogen-bond donors (Lipinski definition) is 1. The van der Waals surface area contributed by atoms with Gasteiger partial charge in [-0.1, -0.05) is 44.2 Å². The fourth-order valence-corrected chi connectivity index (χ4v) is 3.07. The van der Waals surface area contributed by atoms with Crippen molar-refractivity contribution in [1.82, 2.24) is 4.90 Å². The summed E-state index contributed by atoms with van der Waals surface area (Å²) in [7, 11) is 0. The maximum absolute atomic E-state index is 13.1. The first-order valence-corrected chi connectivity index (χ1v) is 9.88. The number of ketones is 1. The van der Waals surface area contributed by atoms with Crippen LogP contribution in [0.4, 0.5) is 4.79 Å². The van der Waals surface area contributed by atoms with Crippen LogP contribution in [0.5, 0.6) is 0 Å². The number of aliphatic hydroxyl groups is 1. The number of carbonyl (C=O) groups is 2. The summed E-state index contributed by atoms with van der Waals surface area (Å²) in [6, 6.07) is 11.8. The quantitative estimate of drug-likeness (QED) is 0.650. The van der Waals surface area contributed by atoms with E-state index >= 15 is 0 Å². The Morgan fingerprint density at radius 2 is 1.76 bits per heavy atom. The largest absolute Gasteiger partial charge is 0.461 e. The summed E-state index contributed by atoms with van der Waals surface area (Å²) in [5, 5.41) is 10.9. The second kappa shape index (κ2) is 9.74. The molecule has 0 radical (unpaired) electrons. The van der Waals surface area contributed by atoms with Crippen molar-refractivity contribution in [2.45, 2.75) is 65.3 Å². The highest BCUT2D eigenvalue weighted by Crippen LogP contribution is 2.23. The number of furan rings is 1. The Labute approximate surface area is 172 Å². The summed E-state index contributed by atoms with van der Waals surface area (Å²) >= 11 is 0. The fraction of sp³-hybridized carbons (Fsp3) is 0.478. The summed E-state index contributed by atoms with van der Waals surface area (Å²) < 4.78 is 10.8. The number of rotatable bonds is 8. The molecule has 0 fully saturated rings. The Hall–Kier alpha value is -2.60. The van der Waals surface area contributed by atoms with Crippen molar-refractivity contribution in [3.8, 4) is 0 Å². The van der Waals surface area contributed by atoms with E-state index in [2.05, 4.69) is 0 Å². The highest BCUT2D eigenvalue weighted by Gasteiger charge is 2.37. The van der Waals surface area contributed by atoms with Gasteiger partial charge in [0.15, 0.2) is 5.76 Å². The van der Waals surface area contributed by atoms with Crippen molar-refractivity contribution in [3.63, 3.8) is 0 Å². The predicted octanol–water partition coefficient (Wildman–Crippen LogP) is 4.68. The molecule has 158 valence electrons. The molecule has 0 saturated heterocycles. The maximum Gasteiger partial charge on any atom is 0.410 e. The van der Waals surface area contributed by atoms with E-state index in [1.807, 2.05) is 44.2 Å². The van der Waals surface area contributed by atoms with Crippen molar-refractivity contribution >= 4 is 11.9 Å². The van der Waals surface area contributed by atoms with Crippen LogP contribution in [0.2, 0.25) is 0 Å². The van der Waals surface area contributed by atoms with Gasteiger partial charge in [0.2, 0.25) is 5.78 Å². The van der Waals surface area contributed by atoms with E-state index in [-0.39, 0.29) is 18.2 Å². The third-order valence-corrected chi connectivity index (χ3v) is 4.33. The van der Waals surface area contributed by atoms with Gasteiger partial charge in [0.25, 0.3) is 0 Å². The predicted molar refractivity (Wildman–Crippen MR) is 111 cm³/mol. The molecular weight excluding hydrogens is 370 g/mol. The molecule has 0 spiro atoms. The molecule has 2 aromatic rings. The van der Waals surface area contributed by atoms with Gasteiger partial charge in [0, 0.05) is 6.54 Å². The van der Waals surface area contributed by atoms with Crippen LogP contribution in [0, 0.1) is 5.92 Å². The van der Waals surface area contributed by atoms with Crippen LogP contribution in [0.1, 0.15) is 57.2 Å². The van der Waals surface area contributed by atoms with Crippen molar-refractivity contribution in [2.75, 3.05) is 0 Å². The van der Waals surface area contributed by atoms with Crippen LogP contribution in [0.3, 0.4) is 0 Å². The molecule has 6 heteroatoms. The molecule has 0 aliphatic heterocycles. The molecule has 2 rings (SSSR count). The van der Waals surface area contributed by atoms with Gasteiger partial charge < -0.3 is 14.3 Å². The smallest absolute Gasteiger partial charge is 0.410 e. The number of amides is 1. The number of Topliss-reactive ketones (excluding diaryl/α,β-unsaturated/α-hetero) is 1. The minimum atomic E-state index is -1.43. The van der Waals surface area contributed by atoms with E-state index in [1.165, 1.54) is 17.2 Å². The summed E-state index contributed by atoms with van der Waals surface area (Å²) in [5.74, 6) is -0.350. The second-order valence-corrected chi connectivity index (χ2v) is 8.58. The Bertz CT molecular complexity index is 777. The number of benzene rings is 1. The van der Waals surface area contributed by atoms with Crippen molar-refractivity contribution in [3.05, 3.63) is 60.1 Å². The standard InChI is InChI=1S/C23H31NO5/c1-16(2)14-18(20(25)21(26)19-12-9-13-28-19)24(22(27)29-23(3,4)5)15-17-10-7-6-8-11-17/h6-13,16,18,20,25H,14-15H2,1-5H3/t18-,20-/m0/s1. The Balaban J connectivity index is 2.38. The van der Waals surface area contributed by atoms with Gasteiger partial charge in [-0.25, -0.2) is 4.79 Å². The van der Waals surface area contributed by atoms with Crippen molar-refractivity contribution in [1.29, 1.82) is 0 Å². The van der Waals surface area contributed by atoms with Gasteiger partial charge in [-0.05, 0) is 50.8 Å². The van der Waals surface area contributed by atoms with Crippen LogP contribution < -0.4 is 0 Å². The Morgan fingerprint density at radius 3 is 2.28 bits per heavy atom. The molecule has 2 atom stereocenters. The van der Waals surface area contributed by atoms with E-state index in [4.69, 9.17) is 9.15 Å². The molecule has 1 amide bonds. The summed E-state index contributed by atoms with van der Waals surface area (Å²) in [5.41, 5.74) is 0.175. The number of nitrogens with zero attached hydrogens (tertiary/aromatic N) is 1. The zero-order valence-electron chi connectivity index (χ0n) is 17.8. The van der Waals surface area contributed by atoms with Gasteiger partial charge in [-0.3, -0.25) is 9.69 Å². The second-order valence-electron chi connectivity index (χ2n) is 8.58.